The van der Waals surface area contributed by atoms with Crippen molar-refractivity contribution in [3.05, 3.63) is 35.8 Å². The van der Waals surface area contributed by atoms with Gasteiger partial charge in [-0.25, -0.2) is 13.4 Å². The molecule has 0 spiro atoms. The summed E-state index contributed by atoms with van der Waals surface area (Å²) in [5, 5.41) is 0. The van der Waals surface area contributed by atoms with Crippen LogP contribution in [0.4, 0.5) is 0 Å². The molecule has 1 aliphatic heterocycles. The molecule has 0 atom stereocenters. The minimum Gasteiger partial charge on any atom is -0.364 e. The number of primary amides is 1. The topological polar surface area (TPSA) is 94.5 Å². The Kier molecular flexibility index (Phi) is 2.28. The predicted octanol–water partition coefficient (Wildman–Crippen LogP) is 0.119. The average Bonchev–Trinajstić information content (AvgIpc) is 2.65. The Hall–Kier alpha value is -1.89. The number of fused-ring (bicyclic) bond motifs is 1. The molecule has 2 aromatic heterocycles. The van der Waals surface area contributed by atoms with E-state index in [1.807, 2.05) is 6.92 Å². The van der Waals surface area contributed by atoms with Crippen LogP contribution in [0.1, 0.15) is 23.1 Å². The van der Waals surface area contributed by atoms with E-state index in [4.69, 9.17) is 5.73 Å². The summed E-state index contributed by atoms with van der Waals surface area (Å²) in [7, 11) is -3.02. The van der Waals surface area contributed by atoms with E-state index in [-0.39, 0.29) is 17.2 Å². The van der Waals surface area contributed by atoms with Gasteiger partial charge in [0.05, 0.1) is 17.2 Å². The fraction of sp³-hybridized carbons (Fsp3) is 0.333. The molecular weight excluding hydrogens is 266 g/mol. The summed E-state index contributed by atoms with van der Waals surface area (Å²) in [4.78, 5) is 15.7. The predicted molar refractivity (Wildman–Crippen MR) is 69.7 cm³/mol. The molecule has 1 saturated heterocycles. The molecule has 2 aromatic rings. The highest BCUT2D eigenvalue weighted by atomic mass is 32.2. The normalized spacial score (nSPS) is 20.1. The molecule has 0 radical (unpaired) electrons. The second-order valence-electron chi connectivity index (χ2n) is 5.20. The third-order valence-electron chi connectivity index (χ3n) is 3.41. The third kappa shape index (κ3) is 1.73. The highest BCUT2D eigenvalue weighted by molar-refractivity contribution is 7.93. The minimum atomic E-state index is -3.02. The van der Waals surface area contributed by atoms with Crippen LogP contribution in [-0.4, -0.2) is 35.2 Å². The van der Waals surface area contributed by atoms with Crippen LogP contribution in [0.25, 0.3) is 5.65 Å². The molecule has 1 aliphatic rings. The number of hydrogen-bond donors (Lipinski definition) is 1. The highest BCUT2D eigenvalue weighted by Crippen LogP contribution is 2.38. The lowest BCUT2D eigenvalue weighted by molar-refractivity contribution is 0.0993. The highest BCUT2D eigenvalue weighted by Gasteiger charge is 2.49. The number of amides is 1. The molecule has 3 heterocycles. The third-order valence-corrected chi connectivity index (χ3v) is 5.57. The molecule has 0 bridgehead atoms. The van der Waals surface area contributed by atoms with Crippen LogP contribution in [0.3, 0.4) is 0 Å². The Bertz CT molecular complexity index is 780. The van der Waals surface area contributed by atoms with Gasteiger partial charge in [0.15, 0.2) is 15.5 Å². The van der Waals surface area contributed by atoms with Gasteiger partial charge in [-0.3, -0.25) is 4.79 Å². The molecule has 0 aliphatic carbocycles. The van der Waals surface area contributed by atoms with Crippen molar-refractivity contribution in [1.29, 1.82) is 0 Å². The van der Waals surface area contributed by atoms with Gasteiger partial charge in [-0.05, 0) is 12.1 Å². The zero-order valence-electron chi connectivity index (χ0n) is 10.3. The van der Waals surface area contributed by atoms with Gasteiger partial charge in [0.2, 0.25) is 0 Å². The van der Waals surface area contributed by atoms with E-state index < -0.39 is 21.2 Å². The second-order valence-corrected chi connectivity index (χ2v) is 7.26. The van der Waals surface area contributed by atoms with Crippen LogP contribution in [0, 0.1) is 0 Å². The molecule has 6 nitrogen and oxygen atoms in total. The Morgan fingerprint density at radius 3 is 2.68 bits per heavy atom. The van der Waals surface area contributed by atoms with Crippen molar-refractivity contribution in [2.24, 2.45) is 5.73 Å². The van der Waals surface area contributed by atoms with Crippen LogP contribution in [-0.2, 0) is 15.3 Å². The lowest BCUT2D eigenvalue weighted by atomic mass is 9.88. The van der Waals surface area contributed by atoms with E-state index in [1.165, 1.54) is 0 Å². The van der Waals surface area contributed by atoms with Gasteiger partial charge < -0.3 is 10.1 Å². The number of hydrogen-bond acceptors (Lipinski definition) is 4. The summed E-state index contributed by atoms with van der Waals surface area (Å²) < 4.78 is 24.7. The lowest BCUT2D eigenvalue weighted by Gasteiger charge is -2.37. The molecular formula is C12H13N3O3S. The second kappa shape index (κ2) is 3.57. The number of imidazole rings is 1. The largest absolute Gasteiger partial charge is 0.364 e. The van der Waals surface area contributed by atoms with E-state index in [0.717, 1.165) is 0 Å². The van der Waals surface area contributed by atoms with Crippen LogP contribution < -0.4 is 5.73 Å². The van der Waals surface area contributed by atoms with Crippen molar-refractivity contribution in [2.75, 3.05) is 11.5 Å². The number of aromatic nitrogens is 2. The van der Waals surface area contributed by atoms with Crippen molar-refractivity contribution in [3.8, 4) is 0 Å². The Balaban J connectivity index is 2.27. The zero-order valence-corrected chi connectivity index (χ0v) is 11.1. The number of nitrogens with two attached hydrogens (primary N) is 1. The quantitative estimate of drug-likeness (QED) is 0.844. The SMILES string of the molecule is CC1(c2c(C(N)=O)nc3ccccn23)CS(=O)(=O)C1. The summed E-state index contributed by atoms with van der Waals surface area (Å²) in [6, 6.07) is 5.36. The van der Waals surface area contributed by atoms with Gasteiger partial charge in [0.1, 0.15) is 5.65 Å². The number of pyridine rings is 1. The Morgan fingerprint density at radius 1 is 1.42 bits per heavy atom. The van der Waals surface area contributed by atoms with E-state index in [1.54, 1.807) is 28.8 Å². The number of nitrogens with zero attached hydrogens (tertiary/aromatic N) is 2. The van der Waals surface area contributed by atoms with Gasteiger partial charge in [0, 0.05) is 11.6 Å². The fourth-order valence-electron chi connectivity index (χ4n) is 2.81. The Morgan fingerprint density at radius 2 is 2.11 bits per heavy atom. The number of rotatable bonds is 2. The molecule has 0 saturated carbocycles. The molecule has 1 amide bonds. The standard InChI is InChI=1S/C12H13N3O3S/c1-12(6-19(17,18)7-12)10-9(11(13)16)14-8-4-2-3-5-15(8)10/h2-5H,6-7H2,1H3,(H2,13,16). The van der Waals surface area contributed by atoms with E-state index in [9.17, 15) is 13.2 Å². The smallest absolute Gasteiger partial charge is 0.269 e. The van der Waals surface area contributed by atoms with Crippen molar-refractivity contribution in [3.63, 3.8) is 0 Å². The molecule has 7 heteroatoms. The van der Waals surface area contributed by atoms with E-state index >= 15 is 0 Å². The summed E-state index contributed by atoms with van der Waals surface area (Å²) in [6.07, 6.45) is 1.76. The van der Waals surface area contributed by atoms with Crippen LogP contribution in [0.15, 0.2) is 24.4 Å². The first-order valence-corrected chi connectivity index (χ1v) is 7.62. The molecule has 0 unspecified atom stereocenters. The van der Waals surface area contributed by atoms with Gasteiger partial charge in [-0.1, -0.05) is 13.0 Å². The summed E-state index contributed by atoms with van der Waals surface area (Å²) >= 11 is 0. The van der Waals surface area contributed by atoms with Crippen molar-refractivity contribution < 1.29 is 13.2 Å². The minimum absolute atomic E-state index is 0.0168. The van der Waals surface area contributed by atoms with Gasteiger partial charge in [0.25, 0.3) is 5.91 Å². The molecule has 2 N–H and O–H groups in total. The first kappa shape index (κ1) is 12.2. The monoisotopic (exact) mass is 279 g/mol. The molecule has 0 aromatic carbocycles. The number of carbonyl (C=O) groups is 1. The molecule has 1 fully saturated rings. The zero-order chi connectivity index (χ0) is 13.8. The number of sulfone groups is 1. The van der Waals surface area contributed by atoms with Crippen molar-refractivity contribution in [1.82, 2.24) is 9.38 Å². The van der Waals surface area contributed by atoms with Gasteiger partial charge in [-0.2, -0.15) is 0 Å². The first-order valence-electron chi connectivity index (χ1n) is 5.80. The van der Waals surface area contributed by atoms with Crippen LogP contribution >= 0.6 is 0 Å². The first-order chi connectivity index (χ1) is 8.82. The van der Waals surface area contributed by atoms with E-state index in [0.29, 0.717) is 11.3 Å². The summed E-state index contributed by atoms with van der Waals surface area (Å²) in [5.74, 6) is -0.601. The summed E-state index contributed by atoms with van der Waals surface area (Å²) in [6.45, 7) is 1.82. The maximum absolute atomic E-state index is 11.5. The maximum atomic E-state index is 11.5. The summed E-state index contributed by atoms with van der Waals surface area (Å²) in [5.41, 5.74) is 6.09. The molecule has 3 rings (SSSR count). The average molecular weight is 279 g/mol. The van der Waals surface area contributed by atoms with Crippen molar-refractivity contribution in [2.45, 2.75) is 12.3 Å². The van der Waals surface area contributed by atoms with Gasteiger partial charge in [-0.15, -0.1) is 0 Å². The fourth-order valence-corrected chi connectivity index (χ4v) is 4.94. The van der Waals surface area contributed by atoms with Crippen LogP contribution in [0.2, 0.25) is 0 Å². The van der Waals surface area contributed by atoms with Crippen LogP contribution in [0.5, 0.6) is 0 Å². The lowest BCUT2D eigenvalue weighted by Crippen LogP contribution is -2.51. The Labute approximate surface area is 110 Å². The van der Waals surface area contributed by atoms with E-state index in [2.05, 4.69) is 4.98 Å². The number of carbonyl (C=O) groups excluding carboxylic acids is 1. The van der Waals surface area contributed by atoms with Crippen molar-refractivity contribution >= 4 is 21.4 Å². The van der Waals surface area contributed by atoms with Gasteiger partial charge >= 0.3 is 0 Å². The maximum Gasteiger partial charge on any atom is 0.269 e. The molecule has 19 heavy (non-hydrogen) atoms. The molecule has 100 valence electrons.